The third-order valence-electron chi connectivity index (χ3n) is 9.68. The second kappa shape index (κ2) is 29.6. The second-order valence-electron chi connectivity index (χ2n) is 14.1. The molecule has 66 heavy (non-hydrogen) atoms. The topological polar surface area (TPSA) is 48.4 Å². The first kappa shape index (κ1) is 53.6. The fraction of sp³-hybridized carbons (Fsp3) is 0.118. The molecule has 0 atom stereocenters. The van der Waals surface area contributed by atoms with Gasteiger partial charge in [-0.25, -0.2) is 23.3 Å². The van der Waals surface area contributed by atoms with E-state index in [1.54, 1.807) is 12.5 Å². The Morgan fingerprint density at radius 2 is 0.909 bits per heavy atom. The average molecular weight is 1320 g/mol. The smallest absolute Gasteiger partial charge is 1.00 e. The normalized spacial score (nSPS) is 12.0. The Morgan fingerprint density at radius 3 is 1.27 bits per heavy atom. The summed E-state index contributed by atoms with van der Waals surface area (Å²) >= 11 is 6.40. The van der Waals surface area contributed by atoms with Gasteiger partial charge in [-0.15, -0.1) is 11.4 Å². The van der Waals surface area contributed by atoms with Crippen LogP contribution >= 0.6 is 31.9 Å². The van der Waals surface area contributed by atoms with Crippen molar-refractivity contribution in [1.29, 1.82) is 0 Å². The summed E-state index contributed by atoms with van der Waals surface area (Å²) in [5.41, 5.74) is 5.60. The largest absolute Gasteiger partial charge is 4.00 e. The van der Waals surface area contributed by atoms with E-state index in [9.17, 15) is 0 Å². The third-order valence-corrected chi connectivity index (χ3v) is 11.5. The number of para-hydroxylation sites is 5. The summed E-state index contributed by atoms with van der Waals surface area (Å²) in [7, 11) is 0. The maximum atomic E-state index is 3.96. The molecule has 5 heterocycles. The Morgan fingerprint density at radius 1 is 0.500 bits per heavy atom. The zero-order valence-corrected chi connectivity index (χ0v) is 44.6. The predicted molar refractivity (Wildman–Crippen MR) is 259 cm³/mol. The number of nitrogens with zero attached hydrogens (tertiary/aromatic N) is 10. The Bertz CT molecular complexity index is 2380. The molecule has 342 valence electrons. The molecular formula is C51H50Br4N10Pt. The fourth-order valence-electron chi connectivity index (χ4n) is 6.46. The summed E-state index contributed by atoms with van der Waals surface area (Å²) in [6, 6.07) is 53.3. The summed E-state index contributed by atoms with van der Waals surface area (Å²) < 4.78 is 10.7. The van der Waals surface area contributed by atoms with Crippen LogP contribution in [-0.2, 0) is 34.2 Å². The minimum absolute atomic E-state index is 0. The van der Waals surface area contributed by atoms with Crippen LogP contribution in [0.4, 0.5) is 11.4 Å². The van der Waals surface area contributed by atoms with Crippen LogP contribution in [0.5, 0.6) is 0 Å². The van der Waals surface area contributed by atoms with Gasteiger partial charge in [0.25, 0.3) is 0 Å². The van der Waals surface area contributed by atoms with Crippen LogP contribution in [0.25, 0.3) is 17.1 Å². The van der Waals surface area contributed by atoms with Crippen molar-refractivity contribution in [3.8, 4) is 17.1 Å². The Balaban J connectivity index is 0.000000214. The van der Waals surface area contributed by atoms with Gasteiger partial charge in [-0.2, -0.15) is 74.0 Å². The molecule has 15 heteroatoms. The number of alkyl halides is 2. The number of aryl methyl sites for hydroxylation is 2. The zero-order valence-electron chi connectivity index (χ0n) is 36.0. The number of rotatable bonds is 12. The van der Waals surface area contributed by atoms with Gasteiger partial charge in [0.1, 0.15) is 49.3 Å². The molecule has 0 amide bonds. The first-order chi connectivity index (χ1) is 31.1. The van der Waals surface area contributed by atoms with Crippen molar-refractivity contribution in [1.82, 2.24) is 28.5 Å². The maximum Gasteiger partial charge on any atom is 4.00 e. The van der Waals surface area contributed by atoms with Gasteiger partial charge >= 0.3 is 21.1 Å². The number of anilines is 2. The van der Waals surface area contributed by atoms with E-state index in [0.29, 0.717) is 0 Å². The molecular weight excluding hydrogens is 1270 g/mol. The average Bonchev–Trinajstić information content (AvgIpc) is 4.23. The number of aromatic nitrogens is 6. The zero-order chi connectivity index (χ0) is 43.3. The molecule has 0 aliphatic carbocycles. The molecule has 2 aliphatic heterocycles. The molecule has 0 saturated heterocycles. The number of hydrogen-bond acceptors (Lipinski definition) is 5. The van der Waals surface area contributed by atoms with Crippen LogP contribution in [0.15, 0.2) is 220 Å². The molecule has 0 saturated carbocycles. The molecule has 2 aliphatic rings. The molecule has 0 N–H and O–H groups in total. The van der Waals surface area contributed by atoms with E-state index in [0.717, 1.165) is 53.9 Å². The quantitative estimate of drug-likeness (QED) is 0.107. The van der Waals surface area contributed by atoms with E-state index in [1.165, 1.54) is 11.4 Å². The van der Waals surface area contributed by atoms with Gasteiger partial charge in [0, 0.05) is 41.8 Å². The van der Waals surface area contributed by atoms with E-state index in [-0.39, 0.29) is 55.0 Å². The van der Waals surface area contributed by atoms with Crippen LogP contribution in [0.1, 0.15) is 0 Å². The van der Waals surface area contributed by atoms with E-state index in [1.807, 2.05) is 89.6 Å². The van der Waals surface area contributed by atoms with Gasteiger partial charge in [0.05, 0.1) is 6.33 Å². The summed E-state index contributed by atoms with van der Waals surface area (Å²) in [5, 5.41) is 2.10. The maximum absolute atomic E-state index is 3.96. The summed E-state index contributed by atoms with van der Waals surface area (Å²) in [5.74, 6) is 0. The van der Waals surface area contributed by atoms with Crippen molar-refractivity contribution < 1.29 is 64.2 Å². The minimum Gasteiger partial charge on any atom is -1.00 e. The van der Waals surface area contributed by atoms with E-state index in [4.69, 9.17) is 0 Å². The molecule has 10 nitrogen and oxygen atoms in total. The van der Waals surface area contributed by atoms with Crippen molar-refractivity contribution >= 4 is 43.2 Å². The van der Waals surface area contributed by atoms with Gasteiger partial charge in [0.2, 0.25) is 12.7 Å². The Labute approximate surface area is 441 Å². The second-order valence-corrected chi connectivity index (χ2v) is 15.7. The molecule has 3 aromatic heterocycles. The van der Waals surface area contributed by atoms with Crippen LogP contribution in [0.3, 0.4) is 0 Å². The predicted octanol–water partition coefficient (Wildman–Crippen LogP) is 3.61. The first-order valence-electron chi connectivity index (χ1n) is 20.6. The third kappa shape index (κ3) is 16.7. The van der Waals surface area contributed by atoms with E-state index < -0.39 is 0 Å². The van der Waals surface area contributed by atoms with E-state index >= 15 is 0 Å². The van der Waals surface area contributed by atoms with Crippen molar-refractivity contribution in [2.24, 2.45) is 0 Å². The molecule has 0 fully saturated rings. The Kier molecular flexibility index (Phi) is 24.1. The SMILES string of the molecule is BrCCBr.[Br-].[Br-].[Pt+4].[c-]1ccccc1N1C=CN(CCN2C=CN(c3[c-]cccc3)[CH-]2)[CH-]1.c1ccc(-n2cc[n+](CC[n+]3ccn(-c4ccccc4)c3)c2)cc1.c1ccc(-n2ccnc2)cc1. The monoisotopic (exact) mass is 1310 g/mol. The fourth-order valence-corrected chi connectivity index (χ4v) is 6.46. The molecule has 5 aromatic carbocycles. The van der Waals surface area contributed by atoms with Crippen molar-refractivity contribution in [3.05, 3.63) is 246 Å². The number of halogens is 4. The number of benzene rings is 5. The van der Waals surface area contributed by atoms with Crippen LogP contribution < -0.4 is 52.9 Å². The first-order valence-corrected chi connectivity index (χ1v) is 22.9. The van der Waals surface area contributed by atoms with E-state index in [2.05, 4.69) is 223 Å². The summed E-state index contributed by atoms with van der Waals surface area (Å²) in [6.07, 6.45) is 26.4. The minimum atomic E-state index is 0. The molecule has 0 radical (unpaired) electrons. The number of imidazole rings is 3. The molecule has 0 unspecified atom stereocenters. The molecule has 0 bridgehead atoms. The van der Waals surface area contributed by atoms with Crippen molar-refractivity contribution in [3.63, 3.8) is 0 Å². The summed E-state index contributed by atoms with van der Waals surface area (Å²) in [6.45, 7) is 7.87. The molecule has 8 aromatic rings. The van der Waals surface area contributed by atoms with Crippen LogP contribution in [-0.4, -0.2) is 52.2 Å². The van der Waals surface area contributed by atoms with Crippen molar-refractivity contribution in [2.45, 2.75) is 13.1 Å². The molecule has 0 spiro atoms. The van der Waals surface area contributed by atoms with Crippen LogP contribution in [0.2, 0.25) is 0 Å². The van der Waals surface area contributed by atoms with Crippen molar-refractivity contribution in [2.75, 3.05) is 33.5 Å². The molecule has 10 rings (SSSR count). The van der Waals surface area contributed by atoms with Gasteiger partial charge in [0.15, 0.2) is 0 Å². The number of hydrogen-bond donors (Lipinski definition) is 0. The van der Waals surface area contributed by atoms with Crippen LogP contribution in [0, 0.1) is 25.5 Å². The van der Waals surface area contributed by atoms with Gasteiger partial charge in [-0.3, -0.25) is 0 Å². The van der Waals surface area contributed by atoms with Gasteiger partial charge in [-0.1, -0.05) is 86.5 Å². The standard InChI is InChI=1S/C20H20N4.C20H18N4.C9H8N2.C2H4Br2.2BrH.Pt/c2*1-3-7-19(8-4-1)23-15-13-21(17-23)11-12-22-14-16-24(18-22)20-9-5-2-6-10-20;1-2-4-9(5-3-1)11-7-6-10-8-11;3-1-2-4;;;/h1-10,13-18H,11-12H2;1-7,9,13-18H,11-12H2;1-8H;1-2H2;2*1H;/q+2;-4;;;;;+4/p-2. The van der Waals surface area contributed by atoms with Gasteiger partial charge in [-0.05, 0) is 61.2 Å². The van der Waals surface area contributed by atoms with Gasteiger partial charge < -0.3 is 58.1 Å². The Hall–Kier alpha value is -4.98. The summed E-state index contributed by atoms with van der Waals surface area (Å²) in [4.78, 5) is 12.5.